The number of rotatable bonds is 3. The smallest absolute Gasteiger partial charge is 0.267 e. The predicted molar refractivity (Wildman–Crippen MR) is 93.4 cm³/mol. The Labute approximate surface area is 145 Å². The summed E-state index contributed by atoms with van der Waals surface area (Å²) in [6, 6.07) is 3.11. The van der Waals surface area contributed by atoms with Crippen LogP contribution < -0.4 is 5.56 Å². The summed E-state index contributed by atoms with van der Waals surface area (Å²) in [4.78, 5) is 32.2. The summed E-state index contributed by atoms with van der Waals surface area (Å²) in [5, 5.41) is 5.26. The normalized spacial score (nSPS) is 18.0. The number of aromatic nitrogens is 3. The van der Waals surface area contributed by atoms with Crippen LogP contribution in [0.2, 0.25) is 0 Å². The largest absolute Gasteiger partial charge is 0.340 e. The highest BCUT2D eigenvalue weighted by Crippen LogP contribution is 2.31. The Kier molecular flexibility index (Phi) is 4.80. The van der Waals surface area contributed by atoms with E-state index in [0.29, 0.717) is 12.5 Å². The molecule has 6 nitrogen and oxygen atoms in total. The average Bonchev–Trinajstić information content (AvgIpc) is 2.90. The lowest BCUT2D eigenvalue weighted by Gasteiger charge is -2.31. The molecule has 24 heavy (non-hydrogen) atoms. The highest BCUT2D eigenvalue weighted by molar-refractivity contribution is 7.11. The van der Waals surface area contributed by atoms with Crippen LogP contribution in [0, 0.1) is 20.8 Å². The predicted octanol–water partition coefficient (Wildman–Crippen LogP) is 2.03. The van der Waals surface area contributed by atoms with E-state index in [9.17, 15) is 9.59 Å². The molecule has 128 valence electrons. The van der Waals surface area contributed by atoms with Crippen LogP contribution in [-0.4, -0.2) is 38.7 Å². The van der Waals surface area contributed by atoms with Gasteiger partial charge in [-0.15, -0.1) is 11.3 Å². The minimum atomic E-state index is -0.242. The van der Waals surface area contributed by atoms with Gasteiger partial charge in [0.05, 0.1) is 16.4 Å². The summed E-state index contributed by atoms with van der Waals surface area (Å²) in [6.07, 6.45) is 2.02. The lowest BCUT2D eigenvalue weighted by atomic mass is 9.98. The Balaban J connectivity index is 1.71. The van der Waals surface area contributed by atoms with Crippen molar-refractivity contribution in [1.82, 2.24) is 19.7 Å². The van der Waals surface area contributed by atoms with Crippen molar-refractivity contribution in [3.63, 3.8) is 0 Å². The maximum absolute atomic E-state index is 12.6. The third-order valence-electron chi connectivity index (χ3n) is 4.45. The Morgan fingerprint density at radius 2 is 2.12 bits per heavy atom. The molecule has 0 radical (unpaired) electrons. The number of carbonyl (C=O) groups is 1. The highest BCUT2D eigenvalue weighted by atomic mass is 32.1. The summed E-state index contributed by atoms with van der Waals surface area (Å²) >= 11 is 1.73. The number of amides is 1. The van der Waals surface area contributed by atoms with Gasteiger partial charge in [-0.05, 0) is 39.7 Å². The summed E-state index contributed by atoms with van der Waals surface area (Å²) in [5.74, 6) is 0.243. The number of piperidine rings is 1. The van der Waals surface area contributed by atoms with Crippen molar-refractivity contribution in [3.8, 4) is 0 Å². The fraction of sp³-hybridized carbons (Fsp3) is 0.529. The molecule has 1 saturated heterocycles. The van der Waals surface area contributed by atoms with E-state index in [1.165, 1.54) is 15.6 Å². The van der Waals surface area contributed by atoms with E-state index >= 15 is 0 Å². The van der Waals surface area contributed by atoms with Gasteiger partial charge in [0.2, 0.25) is 5.91 Å². The topological polar surface area (TPSA) is 68.1 Å². The van der Waals surface area contributed by atoms with Crippen LogP contribution in [0.25, 0.3) is 0 Å². The molecule has 1 amide bonds. The summed E-state index contributed by atoms with van der Waals surface area (Å²) in [6.45, 7) is 7.33. The second-order valence-electron chi connectivity index (χ2n) is 6.34. The lowest BCUT2D eigenvalue weighted by molar-refractivity contribution is -0.133. The molecule has 1 aliphatic rings. The first kappa shape index (κ1) is 16.8. The molecule has 0 unspecified atom stereocenters. The SMILES string of the molecule is Cc1ccc(=O)n(CC(=O)N2CCC[C@H](c3nc(C)c(C)s3)C2)n1. The second-order valence-corrected chi connectivity index (χ2v) is 7.58. The fourth-order valence-electron chi connectivity index (χ4n) is 2.97. The van der Waals surface area contributed by atoms with Gasteiger partial charge in [-0.3, -0.25) is 9.59 Å². The first-order valence-electron chi connectivity index (χ1n) is 8.20. The van der Waals surface area contributed by atoms with Crippen molar-refractivity contribution in [2.24, 2.45) is 0 Å². The van der Waals surface area contributed by atoms with Gasteiger partial charge in [-0.25, -0.2) is 9.67 Å². The Bertz CT molecular complexity index is 792. The number of hydrogen-bond acceptors (Lipinski definition) is 5. The first-order chi connectivity index (χ1) is 11.4. The molecule has 0 aromatic carbocycles. The molecule has 0 saturated carbocycles. The van der Waals surface area contributed by atoms with Crippen molar-refractivity contribution < 1.29 is 4.79 Å². The fourth-order valence-corrected chi connectivity index (χ4v) is 4.02. The van der Waals surface area contributed by atoms with Crippen molar-refractivity contribution in [1.29, 1.82) is 0 Å². The molecular formula is C17H22N4O2S. The molecule has 0 N–H and O–H groups in total. The second kappa shape index (κ2) is 6.84. The highest BCUT2D eigenvalue weighted by Gasteiger charge is 2.27. The number of aryl methyl sites for hydroxylation is 3. The number of nitrogens with zero attached hydrogens (tertiary/aromatic N) is 4. The van der Waals surface area contributed by atoms with E-state index in [0.717, 1.165) is 35.8 Å². The van der Waals surface area contributed by atoms with Gasteiger partial charge in [-0.2, -0.15) is 5.10 Å². The van der Waals surface area contributed by atoms with Crippen LogP contribution in [0.1, 0.15) is 40.0 Å². The Morgan fingerprint density at radius 1 is 1.33 bits per heavy atom. The quantitative estimate of drug-likeness (QED) is 0.853. The molecule has 2 aromatic heterocycles. The van der Waals surface area contributed by atoms with E-state index in [-0.39, 0.29) is 18.0 Å². The Morgan fingerprint density at radius 3 is 2.83 bits per heavy atom. The van der Waals surface area contributed by atoms with Crippen molar-refractivity contribution >= 4 is 17.2 Å². The summed E-state index contributed by atoms with van der Waals surface area (Å²) in [7, 11) is 0. The zero-order valence-corrected chi connectivity index (χ0v) is 15.1. The minimum Gasteiger partial charge on any atom is -0.340 e. The summed E-state index contributed by atoms with van der Waals surface area (Å²) in [5.41, 5.74) is 1.57. The first-order valence-corrected chi connectivity index (χ1v) is 9.02. The van der Waals surface area contributed by atoms with Gasteiger partial charge in [0.15, 0.2) is 0 Å². The maximum Gasteiger partial charge on any atom is 0.267 e. The molecule has 1 aliphatic heterocycles. The monoisotopic (exact) mass is 346 g/mol. The van der Waals surface area contributed by atoms with Gasteiger partial charge in [-0.1, -0.05) is 0 Å². The number of likely N-dealkylation sites (tertiary alicyclic amines) is 1. The standard InChI is InChI=1S/C17H22N4O2S/c1-11-6-7-15(22)21(19-11)10-16(23)20-8-4-5-14(9-20)17-18-12(2)13(3)24-17/h6-7,14H,4-5,8-10H2,1-3H3/t14-/m0/s1. The molecular weight excluding hydrogens is 324 g/mol. The average molecular weight is 346 g/mol. The molecule has 0 aliphatic carbocycles. The third kappa shape index (κ3) is 3.56. The molecule has 3 rings (SSSR count). The zero-order valence-electron chi connectivity index (χ0n) is 14.3. The van der Waals surface area contributed by atoms with E-state index in [1.54, 1.807) is 17.4 Å². The van der Waals surface area contributed by atoms with Gasteiger partial charge in [0.1, 0.15) is 6.54 Å². The van der Waals surface area contributed by atoms with Crippen LogP contribution in [0.15, 0.2) is 16.9 Å². The lowest BCUT2D eigenvalue weighted by Crippen LogP contribution is -2.42. The van der Waals surface area contributed by atoms with Crippen molar-refractivity contribution in [2.45, 2.75) is 46.1 Å². The molecule has 3 heterocycles. The van der Waals surface area contributed by atoms with E-state index in [2.05, 4.69) is 17.0 Å². The molecule has 2 aromatic rings. The van der Waals surface area contributed by atoms with Gasteiger partial charge < -0.3 is 4.90 Å². The number of hydrogen-bond donors (Lipinski definition) is 0. The molecule has 1 atom stereocenters. The Hall–Kier alpha value is -2.02. The van der Waals surface area contributed by atoms with Crippen LogP contribution in [0.5, 0.6) is 0 Å². The van der Waals surface area contributed by atoms with Crippen LogP contribution in [0.3, 0.4) is 0 Å². The summed E-state index contributed by atoms with van der Waals surface area (Å²) < 4.78 is 1.25. The van der Waals surface area contributed by atoms with Gasteiger partial charge in [0, 0.05) is 30.0 Å². The third-order valence-corrected chi connectivity index (χ3v) is 5.69. The number of carbonyl (C=O) groups excluding carboxylic acids is 1. The van der Waals surface area contributed by atoms with E-state index < -0.39 is 0 Å². The van der Waals surface area contributed by atoms with Crippen LogP contribution in [0.4, 0.5) is 0 Å². The van der Waals surface area contributed by atoms with Gasteiger partial charge >= 0.3 is 0 Å². The minimum absolute atomic E-state index is 0.00313. The molecule has 7 heteroatoms. The molecule has 0 spiro atoms. The van der Waals surface area contributed by atoms with Crippen LogP contribution >= 0.6 is 11.3 Å². The van der Waals surface area contributed by atoms with E-state index in [4.69, 9.17) is 0 Å². The van der Waals surface area contributed by atoms with Crippen LogP contribution in [-0.2, 0) is 11.3 Å². The zero-order chi connectivity index (χ0) is 17.3. The molecule has 1 fully saturated rings. The van der Waals surface area contributed by atoms with Gasteiger partial charge in [0.25, 0.3) is 5.56 Å². The number of thiazole rings is 1. The van der Waals surface area contributed by atoms with E-state index in [1.807, 2.05) is 18.7 Å². The molecule has 0 bridgehead atoms. The van der Waals surface area contributed by atoms with Crippen molar-refractivity contribution in [2.75, 3.05) is 13.1 Å². The van der Waals surface area contributed by atoms with Crippen molar-refractivity contribution in [3.05, 3.63) is 43.8 Å². The maximum atomic E-state index is 12.6.